The van der Waals surface area contributed by atoms with Gasteiger partial charge in [-0.15, -0.1) is 12.4 Å². The van der Waals surface area contributed by atoms with Crippen molar-refractivity contribution in [2.24, 2.45) is 0 Å². The van der Waals surface area contributed by atoms with E-state index in [1.165, 1.54) is 11.1 Å². The van der Waals surface area contributed by atoms with Crippen LogP contribution >= 0.6 is 12.4 Å². The second-order valence-electron chi connectivity index (χ2n) is 6.01. The van der Waals surface area contributed by atoms with Gasteiger partial charge in [-0.2, -0.15) is 0 Å². The minimum absolute atomic E-state index is 0. The van der Waals surface area contributed by atoms with Gasteiger partial charge in [0, 0.05) is 30.9 Å². The summed E-state index contributed by atoms with van der Waals surface area (Å²) in [6.45, 7) is 3.98. The average Bonchev–Trinajstić information content (AvgIpc) is 2.69. The zero-order valence-electron chi connectivity index (χ0n) is 16.4. The van der Waals surface area contributed by atoms with Crippen LogP contribution in [-0.4, -0.2) is 6.61 Å². The van der Waals surface area contributed by atoms with Crippen LogP contribution in [0, 0.1) is 5.39 Å². The minimum atomic E-state index is 0. The first-order chi connectivity index (χ1) is 12.8. The van der Waals surface area contributed by atoms with Crippen LogP contribution in [0.4, 0.5) is 11.4 Å². The van der Waals surface area contributed by atoms with E-state index in [0.29, 0.717) is 18.0 Å². The van der Waals surface area contributed by atoms with Crippen molar-refractivity contribution in [1.82, 2.24) is 0 Å². The second-order valence-corrected chi connectivity index (χ2v) is 6.01. The van der Waals surface area contributed by atoms with Gasteiger partial charge >= 0.3 is 25.2 Å². The Morgan fingerprint density at radius 2 is 1.38 bits per heavy atom. The zero-order chi connectivity index (χ0) is 18.2. The van der Waals surface area contributed by atoms with Gasteiger partial charge in [0.05, 0.1) is 6.61 Å². The molecule has 0 bridgehead atoms. The molecule has 0 fully saturated rings. The van der Waals surface area contributed by atoms with E-state index in [1.54, 1.807) is 6.07 Å². The molecular formula is C22H23Cl2N3OZn+2. The molecule has 0 aliphatic carbocycles. The van der Waals surface area contributed by atoms with Crippen molar-refractivity contribution in [2.75, 3.05) is 11.5 Å². The predicted octanol–water partition coefficient (Wildman–Crippen LogP) is 3.20. The SMILES string of the molecule is CCOc1cc(N(Cc2ccccc2)Cc2ccccc2)ccc1[N+]#N.Cl.[Cl-].[Zn+2]. The molecule has 7 heteroatoms. The normalized spacial score (nSPS) is 9.10. The monoisotopic (exact) mass is 479 g/mol. The van der Waals surface area contributed by atoms with E-state index in [1.807, 2.05) is 31.2 Å². The van der Waals surface area contributed by atoms with E-state index in [0.717, 1.165) is 18.8 Å². The van der Waals surface area contributed by atoms with Crippen LogP contribution < -0.4 is 22.0 Å². The fourth-order valence-corrected chi connectivity index (χ4v) is 2.90. The first-order valence-electron chi connectivity index (χ1n) is 8.75. The van der Waals surface area contributed by atoms with Crippen molar-refractivity contribution in [3.63, 3.8) is 0 Å². The first-order valence-corrected chi connectivity index (χ1v) is 8.75. The summed E-state index contributed by atoms with van der Waals surface area (Å²) >= 11 is 0. The van der Waals surface area contributed by atoms with Crippen LogP contribution in [0.3, 0.4) is 0 Å². The summed E-state index contributed by atoms with van der Waals surface area (Å²) in [5.74, 6) is 0.582. The Morgan fingerprint density at radius 1 is 0.862 bits per heavy atom. The topological polar surface area (TPSA) is 40.6 Å². The molecule has 0 spiro atoms. The molecule has 29 heavy (non-hydrogen) atoms. The van der Waals surface area contributed by atoms with Gasteiger partial charge in [0.15, 0.2) is 4.98 Å². The van der Waals surface area contributed by atoms with Gasteiger partial charge < -0.3 is 22.0 Å². The van der Waals surface area contributed by atoms with E-state index in [-0.39, 0.29) is 44.3 Å². The summed E-state index contributed by atoms with van der Waals surface area (Å²) in [5, 5.41) is 9.18. The number of diazo groups is 1. The Hall–Kier alpha value is -2.12. The van der Waals surface area contributed by atoms with Crippen LogP contribution in [0.25, 0.3) is 4.98 Å². The number of hydrogen-bond acceptors (Lipinski definition) is 3. The smallest absolute Gasteiger partial charge is 1.00 e. The van der Waals surface area contributed by atoms with Crippen LogP contribution in [0.2, 0.25) is 0 Å². The summed E-state index contributed by atoms with van der Waals surface area (Å²) in [6, 6.07) is 26.4. The number of halogens is 2. The Bertz CT molecular complexity index is 848. The van der Waals surface area contributed by atoms with Crippen LogP contribution in [-0.2, 0) is 32.6 Å². The molecule has 0 saturated heterocycles. The zero-order valence-corrected chi connectivity index (χ0v) is 20.9. The fraction of sp³-hybridized carbons (Fsp3) is 0.182. The number of hydrogen-bond donors (Lipinski definition) is 0. The molecule has 0 atom stereocenters. The molecule has 0 aromatic heterocycles. The molecular weight excluding hydrogens is 459 g/mol. The summed E-state index contributed by atoms with van der Waals surface area (Å²) in [5.41, 5.74) is 3.93. The van der Waals surface area contributed by atoms with Crippen molar-refractivity contribution in [3.05, 3.63) is 95.0 Å². The third kappa shape index (κ3) is 7.67. The first kappa shape index (κ1) is 26.9. The van der Waals surface area contributed by atoms with Crippen LogP contribution in [0.1, 0.15) is 18.1 Å². The maximum atomic E-state index is 9.18. The Balaban J connectivity index is 0.00000261. The summed E-state index contributed by atoms with van der Waals surface area (Å²) < 4.78 is 5.64. The predicted molar refractivity (Wildman–Crippen MR) is 112 cm³/mol. The Kier molecular flexibility index (Phi) is 12.9. The molecule has 0 saturated carbocycles. The third-order valence-electron chi connectivity index (χ3n) is 4.15. The van der Waals surface area contributed by atoms with E-state index in [2.05, 4.69) is 58.4 Å². The molecule has 3 aromatic carbocycles. The van der Waals surface area contributed by atoms with Gasteiger partial charge in [-0.1, -0.05) is 60.7 Å². The maximum Gasteiger partial charge on any atom is 2.00 e. The molecule has 3 aromatic rings. The van der Waals surface area contributed by atoms with E-state index >= 15 is 0 Å². The number of nitrogens with zero attached hydrogens (tertiary/aromatic N) is 3. The molecule has 0 heterocycles. The molecule has 0 aliphatic heterocycles. The molecule has 0 aliphatic rings. The van der Waals surface area contributed by atoms with Crippen molar-refractivity contribution < 1.29 is 36.6 Å². The molecule has 0 amide bonds. The van der Waals surface area contributed by atoms with Gasteiger partial charge in [0.1, 0.15) is 0 Å². The van der Waals surface area contributed by atoms with Gasteiger partial charge in [-0.3, -0.25) is 0 Å². The minimum Gasteiger partial charge on any atom is -1.00 e. The quantitative estimate of drug-likeness (QED) is 0.384. The van der Waals surface area contributed by atoms with Gasteiger partial charge in [-0.25, -0.2) is 0 Å². The Morgan fingerprint density at radius 3 is 1.83 bits per heavy atom. The largest absolute Gasteiger partial charge is 2.00 e. The Labute approximate surface area is 197 Å². The van der Waals surface area contributed by atoms with E-state index in [4.69, 9.17) is 4.74 Å². The van der Waals surface area contributed by atoms with Crippen LogP contribution in [0.15, 0.2) is 78.9 Å². The molecule has 146 valence electrons. The van der Waals surface area contributed by atoms with Gasteiger partial charge in [-0.05, 0) is 24.1 Å². The number of ether oxygens (including phenoxy) is 1. The third-order valence-corrected chi connectivity index (χ3v) is 4.15. The van der Waals surface area contributed by atoms with Crippen molar-refractivity contribution in [1.29, 1.82) is 5.39 Å². The average molecular weight is 482 g/mol. The molecule has 4 nitrogen and oxygen atoms in total. The van der Waals surface area contributed by atoms with Gasteiger partial charge in [0.25, 0.3) is 0 Å². The molecule has 0 N–H and O–H groups in total. The molecule has 3 rings (SSSR count). The number of anilines is 1. The number of rotatable bonds is 7. The standard InChI is InChI=1S/C22H22N3O.2ClH.Zn/c1-2-26-22-15-20(13-14-21(22)24-23)25(16-18-9-5-3-6-10-18)17-19-11-7-4-8-12-19;;;/h3-15H,2,16-17H2,1H3;2*1H;/q+1;;;+2/p-1. The van der Waals surface area contributed by atoms with Crippen molar-refractivity contribution >= 4 is 23.8 Å². The van der Waals surface area contributed by atoms with Crippen molar-refractivity contribution in [3.8, 4) is 5.75 Å². The van der Waals surface area contributed by atoms with E-state index in [9.17, 15) is 5.39 Å². The second kappa shape index (κ2) is 14.0. The van der Waals surface area contributed by atoms with Crippen LogP contribution in [0.5, 0.6) is 5.75 Å². The summed E-state index contributed by atoms with van der Waals surface area (Å²) in [7, 11) is 0. The summed E-state index contributed by atoms with van der Waals surface area (Å²) in [6.07, 6.45) is 0. The van der Waals surface area contributed by atoms with Crippen molar-refractivity contribution in [2.45, 2.75) is 20.0 Å². The number of benzene rings is 3. The fourth-order valence-electron chi connectivity index (χ4n) is 2.90. The maximum absolute atomic E-state index is 9.18. The van der Waals surface area contributed by atoms with E-state index < -0.39 is 0 Å². The van der Waals surface area contributed by atoms with Gasteiger partial charge in [0.2, 0.25) is 11.1 Å². The summed E-state index contributed by atoms with van der Waals surface area (Å²) in [4.78, 5) is 5.60. The molecule has 0 radical (unpaired) electrons. The molecule has 0 unspecified atom stereocenters.